The normalized spacial score (nSPS) is 14.4. The smallest absolute Gasteiger partial charge is 0.178 e. The first kappa shape index (κ1) is 21.3. The van der Waals surface area contributed by atoms with Crippen LogP contribution in [0.3, 0.4) is 0 Å². The average molecular weight is 496 g/mol. The highest BCUT2D eigenvalue weighted by molar-refractivity contribution is 7.08. The Balaban J connectivity index is 1.32. The fourth-order valence-electron chi connectivity index (χ4n) is 5.07. The Morgan fingerprint density at radius 1 is 1.03 bits per heavy atom. The Morgan fingerprint density at radius 3 is 2.81 bits per heavy atom. The molecule has 0 aliphatic carbocycles. The lowest BCUT2D eigenvalue weighted by molar-refractivity contribution is 0.331. The van der Waals surface area contributed by atoms with E-state index >= 15 is 4.39 Å². The van der Waals surface area contributed by atoms with Crippen LogP contribution in [0.4, 0.5) is 4.39 Å². The molecule has 36 heavy (non-hydrogen) atoms. The van der Waals surface area contributed by atoms with Gasteiger partial charge in [-0.2, -0.15) is 16.4 Å². The SMILES string of the molecule is Fc1c(-c2cncc(CN3CCCC3)c2)ccc2[nH]nc(-c3nc4nccc(-c5ccsc5)c4[nH]3)c12. The van der Waals surface area contributed by atoms with Crippen LogP contribution in [0, 0.1) is 5.82 Å². The zero-order chi connectivity index (χ0) is 24.1. The summed E-state index contributed by atoms with van der Waals surface area (Å²) in [5.41, 5.74) is 6.84. The summed E-state index contributed by atoms with van der Waals surface area (Å²) in [6.45, 7) is 3.03. The lowest BCUT2D eigenvalue weighted by Crippen LogP contribution is -2.18. The van der Waals surface area contributed by atoms with E-state index < -0.39 is 0 Å². The number of hydrogen-bond donors (Lipinski definition) is 2. The van der Waals surface area contributed by atoms with Gasteiger partial charge in [0.05, 0.1) is 16.4 Å². The molecule has 1 saturated heterocycles. The molecule has 1 aliphatic heterocycles. The Labute approximate surface area is 210 Å². The number of thiophene rings is 1. The number of H-pyrrole nitrogens is 2. The molecule has 0 amide bonds. The van der Waals surface area contributed by atoms with Crippen molar-refractivity contribution in [1.82, 2.24) is 35.0 Å². The number of fused-ring (bicyclic) bond motifs is 2. The summed E-state index contributed by atoms with van der Waals surface area (Å²) in [7, 11) is 0. The maximum atomic E-state index is 16.1. The molecule has 7 nitrogen and oxygen atoms in total. The van der Waals surface area contributed by atoms with E-state index in [9.17, 15) is 0 Å². The van der Waals surface area contributed by atoms with Crippen LogP contribution in [0.15, 0.2) is 59.7 Å². The van der Waals surface area contributed by atoms with Crippen LogP contribution in [-0.4, -0.2) is 48.1 Å². The van der Waals surface area contributed by atoms with Crippen LogP contribution < -0.4 is 0 Å². The fourth-order valence-corrected chi connectivity index (χ4v) is 5.72. The van der Waals surface area contributed by atoms with Gasteiger partial charge in [-0.05, 0) is 78.2 Å². The second-order valence-electron chi connectivity index (χ2n) is 9.14. The van der Waals surface area contributed by atoms with Crippen LogP contribution in [0.2, 0.25) is 0 Å². The third kappa shape index (κ3) is 3.59. The van der Waals surface area contributed by atoms with E-state index in [1.807, 2.05) is 29.8 Å². The molecule has 0 saturated carbocycles. The highest BCUT2D eigenvalue weighted by Gasteiger charge is 2.21. The summed E-state index contributed by atoms with van der Waals surface area (Å²) in [5.74, 6) is 0.131. The Kier molecular flexibility index (Phi) is 5.11. The van der Waals surface area contributed by atoms with Crippen LogP contribution in [0.1, 0.15) is 18.4 Å². The van der Waals surface area contributed by atoms with E-state index in [0.29, 0.717) is 33.6 Å². The van der Waals surface area contributed by atoms with Gasteiger partial charge in [0.1, 0.15) is 11.5 Å². The number of likely N-dealkylation sites (tertiary alicyclic amines) is 1. The summed E-state index contributed by atoms with van der Waals surface area (Å²) < 4.78 is 16.1. The molecule has 9 heteroatoms. The molecule has 1 fully saturated rings. The van der Waals surface area contributed by atoms with Gasteiger partial charge in [0, 0.05) is 41.8 Å². The van der Waals surface area contributed by atoms with Gasteiger partial charge >= 0.3 is 0 Å². The van der Waals surface area contributed by atoms with E-state index in [0.717, 1.165) is 47.4 Å². The standard InChI is InChI=1S/C27H22FN7S/c28-23-19(18-11-16(12-29-13-18)14-35-8-1-2-9-35)3-4-21-22(23)25(34-33-21)27-31-24-20(17-6-10-36-15-17)5-7-30-26(24)32-27/h3-7,10-13,15H,1-2,8-9,14H2,(H,33,34)(H,30,31,32). The molecule has 5 aromatic heterocycles. The maximum Gasteiger partial charge on any atom is 0.178 e. The summed E-state index contributed by atoms with van der Waals surface area (Å²) in [6.07, 6.45) is 7.79. The summed E-state index contributed by atoms with van der Waals surface area (Å²) >= 11 is 1.63. The highest BCUT2D eigenvalue weighted by atomic mass is 32.1. The van der Waals surface area contributed by atoms with Crippen LogP contribution in [0.5, 0.6) is 0 Å². The first-order valence-electron chi connectivity index (χ1n) is 12.0. The van der Waals surface area contributed by atoms with Gasteiger partial charge in [0.25, 0.3) is 0 Å². The predicted molar refractivity (Wildman–Crippen MR) is 140 cm³/mol. The zero-order valence-electron chi connectivity index (χ0n) is 19.3. The molecule has 1 aliphatic rings. The van der Waals surface area contributed by atoms with Crippen molar-refractivity contribution in [2.24, 2.45) is 0 Å². The fraction of sp³-hybridized carbons (Fsp3) is 0.185. The molecule has 0 atom stereocenters. The van der Waals surface area contributed by atoms with Crippen molar-refractivity contribution >= 4 is 33.4 Å². The van der Waals surface area contributed by atoms with Crippen molar-refractivity contribution < 1.29 is 4.39 Å². The number of imidazole rings is 1. The minimum Gasteiger partial charge on any atom is -0.335 e. The number of nitrogens with zero attached hydrogens (tertiary/aromatic N) is 5. The number of nitrogens with one attached hydrogen (secondary N) is 2. The Bertz CT molecular complexity index is 1700. The van der Waals surface area contributed by atoms with Gasteiger partial charge in [0.2, 0.25) is 0 Å². The van der Waals surface area contributed by atoms with Crippen LogP contribution >= 0.6 is 11.3 Å². The van der Waals surface area contributed by atoms with Gasteiger partial charge in [0.15, 0.2) is 11.5 Å². The number of halogens is 1. The van der Waals surface area contributed by atoms with Crippen LogP contribution in [0.25, 0.3) is 55.8 Å². The quantitative estimate of drug-likeness (QED) is 0.305. The van der Waals surface area contributed by atoms with Crippen molar-refractivity contribution in [2.45, 2.75) is 19.4 Å². The monoisotopic (exact) mass is 495 g/mol. The molecular formula is C27H22FN7S. The van der Waals surface area contributed by atoms with Gasteiger partial charge in [-0.25, -0.2) is 14.4 Å². The maximum absolute atomic E-state index is 16.1. The molecule has 7 rings (SSSR count). The number of rotatable bonds is 5. The number of aromatic nitrogens is 6. The Morgan fingerprint density at radius 2 is 1.94 bits per heavy atom. The molecule has 2 N–H and O–H groups in total. The van der Waals surface area contributed by atoms with E-state index in [-0.39, 0.29) is 5.82 Å². The second-order valence-corrected chi connectivity index (χ2v) is 9.92. The summed E-state index contributed by atoms with van der Waals surface area (Å²) in [4.78, 5) is 19.3. The minimum atomic E-state index is -0.345. The minimum absolute atomic E-state index is 0.345. The van der Waals surface area contributed by atoms with Crippen molar-refractivity contribution in [3.8, 4) is 33.8 Å². The zero-order valence-corrected chi connectivity index (χ0v) is 20.1. The highest BCUT2D eigenvalue weighted by Crippen LogP contribution is 2.35. The number of pyridine rings is 2. The molecule has 0 unspecified atom stereocenters. The third-order valence-corrected chi connectivity index (χ3v) is 7.51. The number of hydrogen-bond acceptors (Lipinski definition) is 6. The van der Waals surface area contributed by atoms with Crippen molar-refractivity contribution in [3.05, 3.63) is 71.1 Å². The number of aromatic amines is 2. The van der Waals surface area contributed by atoms with Crippen LogP contribution in [-0.2, 0) is 6.54 Å². The van der Waals surface area contributed by atoms with E-state index in [1.165, 1.54) is 12.8 Å². The third-order valence-electron chi connectivity index (χ3n) is 6.83. The molecule has 0 spiro atoms. The largest absolute Gasteiger partial charge is 0.335 e. The summed E-state index contributed by atoms with van der Waals surface area (Å²) in [6, 6.07) is 9.69. The average Bonchev–Trinajstić information content (AvgIpc) is 3.70. The number of benzene rings is 1. The Hall–Kier alpha value is -3.95. The predicted octanol–water partition coefficient (Wildman–Crippen LogP) is 6.03. The first-order valence-corrected chi connectivity index (χ1v) is 12.9. The summed E-state index contributed by atoms with van der Waals surface area (Å²) in [5, 5.41) is 11.9. The first-order chi connectivity index (χ1) is 17.7. The molecule has 6 aromatic rings. The van der Waals surface area contributed by atoms with Crippen molar-refractivity contribution in [3.63, 3.8) is 0 Å². The van der Waals surface area contributed by atoms with Crippen molar-refractivity contribution in [1.29, 1.82) is 0 Å². The molecule has 0 bridgehead atoms. The van der Waals surface area contributed by atoms with E-state index in [4.69, 9.17) is 0 Å². The molecule has 0 radical (unpaired) electrons. The van der Waals surface area contributed by atoms with Crippen molar-refractivity contribution in [2.75, 3.05) is 13.1 Å². The lowest BCUT2D eigenvalue weighted by atomic mass is 10.0. The molecule has 1 aromatic carbocycles. The van der Waals surface area contributed by atoms with Gasteiger partial charge in [-0.3, -0.25) is 15.0 Å². The molecule has 178 valence electrons. The van der Waals surface area contributed by atoms with Gasteiger partial charge < -0.3 is 4.98 Å². The molecule has 6 heterocycles. The van der Waals surface area contributed by atoms with Gasteiger partial charge in [-0.1, -0.05) is 0 Å². The van der Waals surface area contributed by atoms with Gasteiger partial charge in [-0.15, -0.1) is 0 Å². The molecular weight excluding hydrogens is 473 g/mol. The van der Waals surface area contributed by atoms with E-state index in [1.54, 1.807) is 29.8 Å². The topological polar surface area (TPSA) is 86.4 Å². The lowest BCUT2D eigenvalue weighted by Gasteiger charge is -2.15. The second kappa shape index (κ2) is 8.61. The van der Waals surface area contributed by atoms with E-state index in [2.05, 4.69) is 46.5 Å².